The number of piperidine rings is 1. The maximum atomic E-state index is 12.6. The normalized spacial score (nSPS) is 25.6. The molecule has 4 heterocycles. The lowest BCUT2D eigenvalue weighted by atomic mass is 9.91. The molecule has 11 heteroatoms. The summed E-state index contributed by atoms with van der Waals surface area (Å²) in [5.74, 6) is 2.74. The molecule has 0 unspecified atom stereocenters. The predicted molar refractivity (Wildman–Crippen MR) is 146 cm³/mol. The molecule has 206 valence electrons. The summed E-state index contributed by atoms with van der Waals surface area (Å²) in [7, 11) is 0. The van der Waals surface area contributed by atoms with Gasteiger partial charge in [-0.25, -0.2) is 9.78 Å². The number of urea groups is 1. The van der Waals surface area contributed by atoms with Crippen LogP contribution in [-0.2, 0) is 4.74 Å². The Balaban J connectivity index is 0.911. The first-order chi connectivity index (χ1) is 18.7. The fourth-order valence-corrected chi connectivity index (χ4v) is 6.30. The standard InChI is InChI=1S/C27H41N9O2/c37-27(31-21-10-13-36(14-11-21)22-16-38-17-22)30-20-7-5-19(6-8-20)29-26-28-12-9-24(33-26)32-25-15-23(34-35-25)18-3-1-2-4-18/h9,12,15,18-22H,1-8,10-11,13-14,16-17H2,(H2,30,31,37)(H3,28,29,32,33,34,35)/t19-,20-. The largest absolute Gasteiger partial charge is 0.378 e. The molecule has 2 amide bonds. The van der Waals surface area contributed by atoms with Crippen molar-refractivity contribution in [1.82, 2.24) is 35.7 Å². The molecule has 0 atom stereocenters. The summed E-state index contributed by atoms with van der Waals surface area (Å²) in [5.41, 5.74) is 1.21. The van der Waals surface area contributed by atoms with Gasteiger partial charge in [0.1, 0.15) is 5.82 Å². The van der Waals surface area contributed by atoms with E-state index in [0.29, 0.717) is 23.9 Å². The van der Waals surface area contributed by atoms with Crippen molar-refractivity contribution in [3.8, 4) is 0 Å². The van der Waals surface area contributed by atoms with E-state index in [4.69, 9.17) is 4.74 Å². The molecule has 2 aliphatic carbocycles. The Kier molecular flexibility index (Phi) is 7.91. The van der Waals surface area contributed by atoms with E-state index in [0.717, 1.165) is 76.5 Å². The second-order valence-corrected chi connectivity index (χ2v) is 11.4. The highest BCUT2D eigenvalue weighted by Gasteiger charge is 2.30. The van der Waals surface area contributed by atoms with Crippen LogP contribution in [0.25, 0.3) is 0 Å². The summed E-state index contributed by atoms with van der Waals surface area (Å²) in [4.78, 5) is 24.2. The van der Waals surface area contributed by atoms with Crippen molar-refractivity contribution in [1.29, 1.82) is 0 Å². The summed E-state index contributed by atoms with van der Waals surface area (Å²) in [6, 6.07) is 5.29. The summed E-state index contributed by atoms with van der Waals surface area (Å²) >= 11 is 0. The summed E-state index contributed by atoms with van der Waals surface area (Å²) in [5, 5.41) is 20.8. The van der Waals surface area contributed by atoms with Gasteiger partial charge in [0.2, 0.25) is 5.95 Å². The van der Waals surface area contributed by atoms with Gasteiger partial charge in [0.15, 0.2) is 5.82 Å². The number of nitrogens with zero attached hydrogens (tertiary/aromatic N) is 4. The molecule has 38 heavy (non-hydrogen) atoms. The number of rotatable bonds is 8. The SMILES string of the molecule is O=C(NC1CCN(C2COC2)CC1)N[C@H]1CC[C@H](Nc2nccc(Nc3cc(C4CCCC4)[nH]n3)n2)CC1. The van der Waals surface area contributed by atoms with E-state index in [-0.39, 0.29) is 18.1 Å². The molecule has 0 aromatic carbocycles. The van der Waals surface area contributed by atoms with Gasteiger partial charge < -0.3 is 26.0 Å². The number of ether oxygens (including phenoxy) is 1. The Bertz CT molecular complexity index is 1050. The zero-order chi connectivity index (χ0) is 25.7. The molecule has 2 saturated carbocycles. The number of anilines is 3. The fraction of sp³-hybridized carbons (Fsp3) is 0.704. The van der Waals surface area contributed by atoms with Gasteiger partial charge in [-0.1, -0.05) is 12.8 Å². The van der Waals surface area contributed by atoms with Crippen LogP contribution >= 0.6 is 0 Å². The molecule has 5 N–H and O–H groups in total. The van der Waals surface area contributed by atoms with Crippen LogP contribution in [-0.4, -0.2) is 81.6 Å². The lowest BCUT2D eigenvalue weighted by molar-refractivity contribution is -0.0716. The molecule has 11 nitrogen and oxygen atoms in total. The molecule has 4 aliphatic rings. The lowest BCUT2D eigenvalue weighted by Gasteiger charge is -2.41. The molecular formula is C27H41N9O2. The maximum absolute atomic E-state index is 12.6. The molecule has 2 aromatic rings. The van der Waals surface area contributed by atoms with Crippen LogP contribution in [0.5, 0.6) is 0 Å². The minimum atomic E-state index is -0.0246. The van der Waals surface area contributed by atoms with Gasteiger partial charge >= 0.3 is 6.03 Å². The number of aromatic nitrogens is 4. The Morgan fingerprint density at radius 1 is 0.921 bits per heavy atom. The van der Waals surface area contributed by atoms with Crippen LogP contribution in [0.15, 0.2) is 18.3 Å². The van der Waals surface area contributed by atoms with E-state index >= 15 is 0 Å². The van der Waals surface area contributed by atoms with Gasteiger partial charge in [-0.2, -0.15) is 10.1 Å². The van der Waals surface area contributed by atoms with E-state index in [2.05, 4.69) is 52.4 Å². The van der Waals surface area contributed by atoms with E-state index in [1.807, 2.05) is 6.07 Å². The predicted octanol–water partition coefficient (Wildman–Crippen LogP) is 3.49. The highest BCUT2D eigenvalue weighted by molar-refractivity contribution is 5.74. The van der Waals surface area contributed by atoms with Crippen LogP contribution in [0, 0.1) is 0 Å². The van der Waals surface area contributed by atoms with Crippen molar-refractivity contribution in [2.75, 3.05) is 36.9 Å². The number of amides is 2. The number of hydrogen-bond donors (Lipinski definition) is 5. The van der Waals surface area contributed by atoms with Crippen molar-refractivity contribution in [3.05, 3.63) is 24.0 Å². The van der Waals surface area contributed by atoms with Crippen molar-refractivity contribution in [2.24, 2.45) is 0 Å². The fourth-order valence-electron chi connectivity index (χ4n) is 6.30. The third-order valence-corrected chi connectivity index (χ3v) is 8.70. The molecule has 0 radical (unpaired) electrons. The molecule has 4 fully saturated rings. The second-order valence-electron chi connectivity index (χ2n) is 11.4. The smallest absolute Gasteiger partial charge is 0.315 e. The maximum Gasteiger partial charge on any atom is 0.315 e. The van der Waals surface area contributed by atoms with Crippen LogP contribution in [0.3, 0.4) is 0 Å². The first-order valence-corrected chi connectivity index (χ1v) is 14.5. The highest BCUT2D eigenvalue weighted by Crippen LogP contribution is 2.34. The van der Waals surface area contributed by atoms with Crippen LogP contribution in [0.2, 0.25) is 0 Å². The lowest BCUT2D eigenvalue weighted by Crippen LogP contribution is -2.55. The zero-order valence-electron chi connectivity index (χ0n) is 22.1. The highest BCUT2D eigenvalue weighted by atomic mass is 16.5. The summed E-state index contributed by atoms with van der Waals surface area (Å²) < 4.78 is 5.31. The Morgan fingerprint density at radius 3 is 2.34 bits per heavy atom. The molecule has 2 aromatic heterocycles. The van der Waals surface area contributed by atoms with E-state index in [1.54, 1.807) is 6.20 Å². The Hall–Kier alpha value is -2.92. The Morgan fingerprint density at radius 2 is 1.63 bits per heavy atom. The number of nitrogens with one attached hydrogen (secondary N) is 5. The van der Waals surface area contributed by atoms with Gasteiger partial charge in [0.25, 0.3) is 0 Å². The number of carbonyl (C=O) groups excluding carboxylic acids is 1. The van der Waals surface area contributed by atoms with Crippen molar-refractivity contribution >= 4 is 23.6 Å². The summed E-state index contributed by atoms with van der Waals surface area (Å²) in [6.45, 7) is 3.79. The topological polar surface area (TPSA) is 132 Å². The molecule has 6 rings (SSSR count). The van der Waals surface area contributed by atoms with Gasteiger partial charge in [-0.15, -0.1) is 0 Å². The van der Waals surface area contributed by atoms with Gasteiger partial charge in [0, 0.05) is 55.1 Å². The van der Waals surface area contributed by atoms with Gasteiger partial charge in [-0.05, 0) is 57.4 Å². The molecular weight excluding hydrogens is 482 g/mol. The number of H-pyrrole nitrogens is 1. The third-order valence-electron chi connectivity index (χ3n) is 8.70. The average Bonchev–Trinajstić information content (AvgIpc) is 3.58. The monoisotopic (exact) mass is 523 g/mol. The molecule has 2 aliphatic heterocycles. The van der Waals surface area contributed by atoms with Crippen LogP contribution < -0.4 is 21.3 Å². The zero-order valence-corrected chi connectivity index (χ0v) is 22.1. The third kappa shape index (κ3) is 6.37. The number of likely N-dealkylation sites (tertiary alicyclic amines) is 1. The van der Waals surface area contributed by atoms with Gasteiger partial charge in [0.05, 0.1) is 19.3 Å². The number of aromatic amines is 1. The van der Waals surface area contributed by atoms with Crippen LogP contribution in [0.1, 0.15) is 75.8 Å². The first-order valence-electron chi connectivity index (χ1n) is 14.5. The number of hydrogen-bond acceptors (Lipinski definition) is 8. The average molecular weight is 524 g/mol. The van der Waals surface area contributed by atoms with Crippen LogP contribution in [0.4, 0.5) is 22.4 Å². The quantitative estimate of drug-likeness (QED) is 0.355. The first kappa shape index (κ1) is 25.4. The van der Waals surface area contributed by atoms with E-state index < -0.39 is 0 Å². The Labute approximate surface area is 224 Å². The molecule has 2 saturated heterocycles. The van der Waals surface area contributed by atoms with Gasteiger partial charge in [-0.3, -0.25) is 10.00 Å². The van der Waals surface area contributed by atoms with Crippen molar-refractivity contribution < 1.29 is 9.53 Å². The van der Waals surface area contributed by atoms with Crippen molar-refractivity contribution in [2.45, 2.75) is 94.3 Å². The van der Waals surface area contributed by atoms with Crippen molar-refractivity contribution in [3.63, 3.8) is 0 Å². The van der Waals surface area contributed by atoms with E-state index in [1.165, 1.54) is 31.4 Å². The number of carbonyl (C=O) groups is 1. The minimum Gasteiger partial charge on any atom is -0.378 e. The van der Waals surface area contributed by atoms with E-state index in [9.17, 15) is 4.79 Å². The molecule has 0 bridgehead atoms. The molecule has 0 spiro atoms. The summed E-state index contributed by atoms with van der Waals surface area (Å²) in [6.07, 6.45) is 12.7. The second kappa shape index (κ2) is 11.9. The minimum absolute atomic E-state index is 0.0246.